The molecule has 0 saturated carbocycles. The second kappa shape index (κ2) is 6.33. The zero-order valence-electron chi connectivity index (χ0n) is 14.0. The number of aryl methyl sites for hydroxylation is 1. The lowest BCUT2D eigenvalue weighted by molar-refractivity contribution is -0.137. The number of rotatable bonds is 4. The first-order valence-electron chi connectivity index (χ1n) is 7.85. The van der Waals surface area contributed by atoms with Crippen molar-refractivity contribution in [2.24, 2.45) is 0 Å². The van der Waals surface area contributed by atoms with E-state index in [1.165, 1.54) is 23.3 Å². The highest BCUT2D eigenvalue weighted by molar-refractivity contribution is 5.67. The molecule has 26 heavy (non-hydrogen) atoms. The number of H-pyrrole nitrogens is 1. The molecule has 0 bridgehead atoms. The summed E-state index contributed by atoms with van der Waals surface area (Å²) in [4.78, 5) is 15.8. The Labute approximate surface area is 145 Å². The topological polar surface area (TPSA) is 91.8 Å². The van der Waals surface area contributed by atoms with Gasteiger partial charge in [-0.1, -0.05) is 13.8 Å². The molecule has 1 N–H and O–H groups in total. The Balaban J connectivity index is 2.12. The van der Waals surface area contributed by atoms with Crippen LogP contribution in [0.25, 0.3) is 16.9 Å². The van der Waals surface area contributed by atoms with E-state index >= 15 is 0 Å². The third-order valence-electron chi connectivity index (χ3n) is 3.95. The summed E-state index contributed by atoms with van der Waals surface area (Å²) in [5.41, 5.74) is 1.37. The number of nitrogens with one attached hydrogen (secondary N) is 1. The average Bonchev–Trinajstić information content (AvgIpc) is 3.18. The van der Waals surface area contributed by atoms with Crippen LogP contribution in [0.1, 0.15) is 37.3 Å². The van der Waals surface area contributed by atoms with E-state index in [1.54, 1.807) is 0 Å². The number of aromatic amines is 1. The molecule has 0 amide bonds. The largest absolute Gasteiger partial charge is 0.390 e. The second-order valence-electron chi connectivity index (χ2n) is 6.16. The van der Waals surface area contributed by atoms with Crippen LogP contribution in [0.2, 0.25) is 0 Å². The number of nitriles is 1. The number of nitrogens with zero attached hydrogens (tertiary/aromatic N) is 5. The van der Waals surface area contributed by atoms with Gasteiger partial charge in [-0.05, 0) is 5.92 Å². The molecule has 0 aliphatic heterocycles. The molecular formula is C16H15F3N6O. The Morgan fingerprint density at radius 2 is 2.04 bits per heavy atom. The SMILES string of the molecule is CC(C)c1c(-c2cnn(CCC(F)(F)F)c2)[nH]c2c(C#N)cnn2c1=O. The van der Waals surface area contributed by atoms with Crippen LogP contribution in [-0.4, -0.2) is 30.6 Å². The van der Waals surface area contributed by atoms with E-state index in [-0.39, 0.29) is 29.2 Å². The Bertz CT molecular complexity index is 1050. The molecular weight excluding hydrogens is 349 g/mol. The van der Waals surface area contributed by atoms with Crippen molar-refractivity contribution in [1.29, 1.82) is 5.26 Å². The van der Waals surface area contributed by atoms with E-state index in [1.807, 2.05) is 19.9 Å². The lowest BCUT2D eigenvalue weighted by Crippen LogP contribution is -2.22. The Morgan fingerprint density at radius 3 is 2.65 bits per heavy atom. The van der Waals surface area contributed by atoms with Crippen molar-refractivity contribution in [3.8, 4) is 17.3 Å². The van der Waals surface area contributed by atoms with Gasteiger partial charge in [-0.15, -0.1) is 0 Å². The minimum atomic E-state index is -4.28. The predicted octanol–water partition coefficient (Wildman–Crippen LogP) is 2.83. The number of fused-ring (bicyclic) bond motifs is 1. The average molecular weight is 364 g/mol. The Morgan fingerprint density at radius 1 is 1.31 bits per heavy atom. The van der Waals surface area contributed by atoms with Gasteiger partial charge in [0.2, 0.25) is 0 Å². The summed E-state index contributed by atoms with van der Waals surface area (Å²) >= 11 is 0. The summed E-state index contributed by atoms with van der Waals surface area (Å²) in [7, 11) is 0. The van der Waals surface area contributed by atoms with Gasteiger partial charge in [-0.2, -0.15) is 33.1 Å². The molecule has 0 aromatic carbocycles. The van der Waals surface area contributed by atoms with Gasteiger partial charge >= 0.3 is 6.18 Å². The Kier molecular flexibility index (Phi) is 4.31. The maximum Gasteiger partial charge on any atom is 0.390 e. The van der Waals surface area contributed by atoms with Gasteiger partial charge in [0.05, 0.1) is 24.5 Å². The molecule has 10 heteroatoms. The molecule has 136 valence electrons. The first-order chi connectivity index (χ1) is 12.2. The molecule has 3 rings (SSSR count). The summed E-state index contributed by atoms with van der Waals surface area (Å²) in [6.07, 6.45) is -1.15. The van der Waals surface area contributed by atoms with Gasteiger partial charge < -0.3 is 4.98 Å². The molecule has 0 radical (unpaired) electrons. The minimum Gasteiger partial charge on any atom is -0.338 e. The summed E-state index contributed by atoms with van der Waals surface area (Å²) in [5, 5.41) is 17.0. The first-order valence-corrected chi connectivity index (χ1v) is 7.85. The van der Waals surface area contributed by atoms with Gasteiger partial charge in [-0.25, -0.2) is 0 Å². The van der Waals surface area contributed by atoms with Gasteiger partial charge in [0.1, 0.15) is 11.6 Å². The van der Waals surface area contributed by atoms with E-state index in [0.29, 0.717) is 16.8 Å². The molecule has 0 fully saturated rings. The maximum absolute atomic E-state index is 12.8. The predicted molar refractivity (Wildman–Crippen MR) is 86.5 cm³/mol. The van der Waals surface area contributed by atoms with Crippen LogP contribution >= 0.6 is 0 Å². The molecule has 3 aromatic rings. The normalized spacial score (nSPS) is 12.0. The number of aromatic nitrogens is 5. The van der Waals surface area contributed by atoms with Crippen molar-refractivity contribution in [2.45, 2.75) is 38.9 Å². The van der Waals surface area contributed by atoms with E-state index in [9.17, 15) is 18.0 Å². The Hall–Kier alpha value is -3.09. The number of hydrogen-bond donors (Lipinski definition) is 1. The van der Waals surface area contributed by atoms with Gasteiger partial charge in [0.25, 0.3) is 5.56 Å². The molecule has 0 unspecified atom stereocenters. The highest BCUT2D eigenvalue weighted by Crippen LogP contribution is 2.26. The molecule has 0 aliphatic rings. The highest BCUT2D eigenvalue weighted by Gasteiger charge is 2.27. The van der Waals surface area contributed by atoms with Crippen molar-refractivity contribution in [1.82, 2.24) is 24.4 Å². The van der Waals surface area contributed by atoms with Crippen LogP contribution in [-0.2, 0) is 6.54 Å². The fourth-order valence-electron chi connectivity index (χ4n) is 2.73. The van der Waals surface area contributed by atoms with E-state index < -0.39 is 12.6 Å². The van der Waals surface area contributed by atoms with Gasteiger partial charge in [0.15, 0.2) is 5.65 Å². The van der Waals surface area contributed by atoms with E-state index in [2.05, 4.69) is 15.2 Å². The molecule has 0 saturated heterocycles. The fourth-order valence-corrected chi connectivity index (χ4v) is 2.73. The highest BCUT2D eigenvalue weighted by atomic mass is 19.4. The molecule has 7 nitrogen and oxygen atoms in total. The molecule has 0 aliphatic carbocycles. The van der Waals surface area contributed by atoms with Crippen molar-refractivity contribution < 1.29 is 13.2 Å². The van der Waals surface area contributed by atoms with Crippen LogP contribution in [0.5, 0.6) is 0 Å². The van der Waals surface area contributed by atoms with Crippen LogP contribution in [0.15, 0.2) is 23.4 Å². The molecule has 0 atom stereocenters. The van der Waals surface area contributed by atoms with Crippen molar-refractivity contribution >= 4 is 5.65 Å². The second-order valence-corrected chi connectivity index (χ2v) is 6.16. The van der Waals surface area contributed by atoms with Crippen molar-refractivity contribution in [3.05, 3.63) is 40.1 Å². The smallest absolute Gasteiger partial charge is 0.338 e. The summed E-state index contributed by atoms with van der Waals surface area (Å²) in [6.45, 7) is 3.33. The monoisotopic (exact) mass is 364 g/mol. The number of halogens is 3. The zero-order chi connectivity index (χ0) is 19.1. The minimum absolute atomic E-state index is 0.175. The van der Waals surface area contributed by atoms with Gasteiger partial charge in [0, 0.05) is 23.9 Å². The molecule has 3 aromatic heterocycles. The van der Waals surface area contributed by atoms with Gasteiger partial charge in [-0.3, -0.25) is 9.48 Å². The van der Waals surface area contributed by atoms with Crippen molar-refractivity contribution in [2.75, 3.05) is 0 Å². The van der Waals surface area contributed by atoms with Crippen LogP contribution < -0.4 is 5.56 Å². The number of alkyl halides is 3. The lowest BCUT2D eigenvalue weighted by Gasteiger charge is -2.11. The summed E-state index contributed by atoms with van der Waals surface area (Å²) < 4.78 is 39.5. The molecule has 0 spiro atoms. The number of hydrogen-bond acceptors (Lipinski definition) is 4. The summed E-state index contributed by atoms with van der Waals surface area (Å²) in [5.74, 6) is -0.175. The maximum atomic E-state index is 12.8. The quantitative estimate of drug-likeness (QED) is 0.771. The third-order valence-corrected chi connectivity index (χ3v) is 3.95. The van der Waals surface area contributed by atoms with Crippen LogP contribution in [0, 0.1) is 11.3 Å². The standard InChI is InChI=1S/C16H15F3N6O/c1-9(2)12-13(11-7-21-24(8-11)4-3-16(17,18)19)23-14-10(5-20)6-22-25(14)15(12)26/h6-9,23H,3-4H2,1-2H3. The zero-order valence-corrected chi connectivity index (χ0v) is 14.0. The van der Waals surface area contributed by atoms with E-state index in [0.717, 1.165) is 4.52 Å². The fraction of sp³-hybridized carbons (Fsp3) is 0.375. The first kappa shape index (κ1) is 17.7. The lowest BCUT2D eigenvalue weighted by atomic mass is 10.00. The van der Waals surface area contributed by atoms with E-state index in [4.69, 9.17) is 5.26 Å². The summed E-state index contributed by atoms with van der Waals surface area (Å²) in [6, 6.07) is 1.95. The molecule has 3 heterocycles. The van der Waals surface area contributed by atoms with Crippen LogP contribution in [0.4, 0.5) is 13.2 Å². The third kappa shape index (κ3) is 3.20. The van der Waals surface area contributed by atoms with Crippen LogP contribution in [0.3, 0.4) is 0 Å². The van der Waals surface area contributed by atoms with Crippen molar-refractivity contribution in [3.63, 3.8) is 0 Å².